The van der Waals surface area contributed by atoms with E-state index in [0.29, 0.717) is 23.0 Å². The molecule has 4 rings (SSSR count). The first kappa shape index (κ1) is 18.8. The topological polar surface area (TPSA) is 64.8 Å². The molecule has 0 N–H and O–H groups in total. The molecular formula is C22H28N2O4. The molecule has 2 fully saturated rings. The zero-order valence-corrected chi connectivity index (χ0v) is 17.2. The number of nitrogens with zero attached hydrogens (tertiary/aromatic N) is 2. The van der Waals surface area contributed by atoms with Gasteiger partial charge in [-0.05, 0) is 48.3 Å². The van der Waals surface area contributed by atoms with Crippen molar-refractivity contribution in [3.63, 3.8) is 0 Å². The third-order valence-electron chi connectivity index (χ3n) is 6.08. The third kappa shape index (κ3) is 3.25. The summed E-state index contributed by atoms with van der Waals surface area (Å²) in [6.45, 7) is 7.68. The van der Waals surface area contributed by atoms with Crippen molar-refractivity contribution in [3.8, 4) is 22.8 Å². The summed E-state index contributed by atoms with van der Waals surface area (Å²) < 4.78 is 16.1. The molecule has 0 radical (unpaired) electrons. The molecule has 2 heterocycles. The number of ether oxygens (including phenoxy) is 2. The number of carbonyl (C=O) groups excluding carboxylic acids is 1. The summed E-state index contributed by atoms with van der Waals surface area (Å²) in [5.41, 5.74) is 1.87. The molecular weight excluding hydrogens is 356 g/mol. The minimum atomic E-state index is -0.0642. The van der Waals surface area contributed by atoms with E-state index in [0.717, 1.165) is 31.4 Å². The van der Waals surface area contributed by atoms with Gasteiger partial charge in [-0.25, -0.2) is 0 Å². The molecule has 6 heteroatoms. The minimum Gasteiger partial charge on any atom is -0.493 e. The molecule has 6 nitrogen and oxygen atoms in total. The summed E-state index contributed by atoms with van der Waals surface area (Å²) in [6, 6.07) is 7.52. The first-order chi connectivity index (χ1) is 13.2. The molecule has 2 atom stereocenters. The fourth-order valence-electron chi connectivity index (χ4n) is 5.35. The Bertz CT molecular complexity index is 904. The number of carbonyl (C=O) groups is 1. The molecule has 1 aromatic carbocycles. The van der Waals surface area contributed by atoms with Crippen LogP contribution in [0.4, 0.5) is 0 Å². The summed E-state index contributed by atoms with van der Waals surface area (Å²) in [5.74, 6) is 1.48. The molecule has 28 heavy (non-hydrogen) atoms. The van der Waals surface area contributed by atoms with Crippen LogP contribution in [0.1, 0.15) is 50.6 Å². The molecule has 2 aliphatic rings. The van der Waals surface area contributed by atoms with Crippen molar-refractivity contribution in [2.45, 2.75) is 46.1 Å². The summed E-state index contributed by atoms with van der Waals surface area (Å²) in [7, 11) is 3.19. The van der Waals surface area contributed by atoms with Crippen LogP contribution in [0.5, 0.6) is 11.5 Å². The first-order valence-electron chi connectivity index (χ1n) is 9.74. The van der Waals surface area contributed by atoms with Gasteiger partial charge in [-0.3, -0.25) is 4.79 Å². The van der Waals surface area contributed by atoms with Crippen molar-refractivity contribution < 1.29 is 18.8 Å². The zero-order valence-electron chi connectivity index (χ0n) is 17.2. The Morgan fingerprint density at radius 1 is 1.14 bits per heavy atom. The van der Waals surface area contributed by atoms with Crippen molar-refractivity contribution in [1.82, 2.24) is 10.1 Å². The Kier molecular flexibility index (Phi) is 4.40. The quantitative estimate of drug-likeness (QED) is 0.782. The molecule has 1 amide bonds. The van der Waals surface area contributed by atoms with Gasteiger partial charge in [0.1, 0.15) is 5.69 Å². The lowest BCUT2D eigenvalue weighted by atomic mass is 9.65. The highest BCUT2D eigenvalue weighted by Crippen LogP contribution is 2.52. The second kappa shape index (κ2) is 6.54. The van der Waals surface area contributed by atoms with E-state index in [1.807, 2.05) is 23.1 Å². The van der Waals surface area contributed by atoms with Crippen LogP contribution in [0.3, 0.4) is 0 Å². The van der Waals surface area contributed by atoms with Crippen LogP contribution < -0.4 is 9.47 Å². The molecule has 1 aliphatic heterocycles. The van der Waals surface area contributed by atoms with Crippen LogP contribution in [0.2, 0.25) is 0 Å². The predicted molar refractivity (Wildman–Crippen MR) is 106 cm³/mol. The molecule has 0 spiro atoms. The molecule has 1 saturated carbocycles. The monoisotopic (exact) mass is 384 g/mol. The van der Waals surface area contributed by atoms with Crippen LogP contribution >= 0.6 is 0 Å². The third-order valence-corrected chi connectivity index (χ3v) is 6.08. The van der Waals surface area contributed by atoms with Crippen LogP contribution in [-0.2, 0) is 0 Å². The minimum absolute atomic E-state index is 0.0642. The van der Waals surface area contributed by atoms with Crippen LogP contribution in [0, 0.1) is 10.8 Å². The molecule has 2 bridgehead atoms. The fourth-order valence-corrected chi connectivity index (χ4v) is 5.35. The number of benzene rings is 1. The van der Waals surface area contributed by atoms with E-state index in [1.165, 1.54) is 0 Å². The highest BCUT2D eigenvalue weighted by molar-refractivity contribution is 5.93. The lowest BCUT2D eigenvalue weighted by molar-refractivity contribution is 0.0667. The largest absolute Gasteiger partial charge is 0.493 e. The van der Waals surface area contributed by atoms with E-state index < -0.39 is 0 Å². The lowest BCUT2D eigenvalue weighted by Gasteiger charge is -2.39. The van der Waals surface area contributed by atoms with Gasteiger partial charge < -0.3 is 18.9 Å². The predicted octanol–water partition coefficient (Wildman–Crippen LogP) is 4.40. The average molecular weight is 384 g/mol. The molecule has 0 unspecified atom stereocenters. The van der Waals surface area contributed by atoms with E-state index in [9.17, 15) is 4.79 Å². The molecule has 2 aromatic rings. The van der Waals surface area contributed by atoms with Crippen molar-refractivity contribution in [3.05, 3.63) is 30.0 Å². The van der Waals surface area contributed by atoms with Gasteiger partial charge in [0.05, 0.1) is 14.2 Å². The SMILES string of the molecule is COc1ccc(-c2cc(C(=O)N3C[C@@]4(C)C[C@H]3CC(C)(C)C4)on2)cc1OC. The summed E-state index contributed by atoms with van der Waals surface area (Å²) in [4.78, 5) is 15.2. The number of hydrogen-bond acceptors (Lipinski definition) is 5. The van der Waals surface area contributed by atoms with Gasteiger partial charge in [0.2, 0.25) is 5.76 Å². The maximum Gasteiger partial charge on any atom is 0.292 e. The standard InChI is InChI=1S/C22H28N2O4/c1-21(2)10-15-11-22(3,12-21)13-24(15)20(25)19-9-16(23-28-19)14-6-7-17(26-4)18(8-14)27-5/h6-9,15H,10-13H2,1-5H3/t15-,22+/m1/s1. The first-order valence-corrected chi connectivity index (χ1v) is 9.74. The second-order valence-corrected chi connectivity index (χ2v) is 9.29. The van der Waals surface area contributed by atoms with Crippen molar-refractivity contribution in [2.24, 2.45) is 10.8 Å². The number of likely N-dealkylation sites (tertiary alicyclic amines) is 1. The van der Waals surface area contributed by atoms with Gasteiger partial charge in [-0.15, -0.1) is 0 Å². The summed E-state index contributed by atoms with van der Waals surface area (Å²) in [6.07, 6.45) is 3.25. The second-order valence-electron chi connectivity index (χ2n) is 9.29. The Morgan fingerprint density at radius 3 is 2.61 bits per heavy atom. The van der Waals surface area contributed by atoms with Gasteiger partial charge in [-0.2, -0.15) is 0 Å². The van der Waals surface area contributed by atoms with Gasteiger partial charge in [0, 0.05) is 24.2 Å². The van der Waals surface area contributed by atoms with E-state index in [1.54, 1.807) is 20.3 Å². The Morgan fingerprint density at radius 2 is 1.89 bits per heavy atom. The fraction of sp³-hybridized carbons (Fsp3) is 0.545. The van der Waals surface area contributed by atoms with Crippen molar-refractivity contribution in [1.29, 1.82) is 0 Å². The van der Waals surface area contributed by atoms with Crippen LogP contribution in [-0.4, -0.2) is 42.8 Å². The Balaban J connectivity index is 1.57. The normalized spacial score (nSPS) is 25.6. The van der Waals surface area contributed by atoms with Crippen molar-refractivity contribution in [2.75, 3.05) is 20.8 Å². The lowest BCUT2D eigenvalue weighted by Crippen LogP contribution is -2.37. The van der Waals surface area contributed by atoms with Crippen molar-refractivity contribution >= 4 is 5.91 Å². The number of aromatic nitrogens is 1. The molecule has 150 valence electrons. The number of hydrogen-bond donors (Lipinski definition) is 0. The smallest absolute Gasteiger partial charge is 0.292 e. The van der Waals surface area contributed by atoms with Gasteiger partial charge in [0.25, 0.3) is 5.91 Å². The summed E-state index contributed by atoms with van der Waals surface area (Å²) in [5, 5.41) is 4.12. The van der Waals surface area contributed by atoms with Gasteiger partial charge >= 0.3 is 0 Å². The number of rotatable bonds is 4. The number of fused-ring (bicyclic) bond motifs is 2. The number of methoxy groups -OCH3 is 2. The Hall–Kier alpha value is -2.50. The van der Waals surface area contributed by atoms with Gasteiger partial charge in [-0.1, -0.05) is 25.9 Å². The zero-order chi connectivity index (χ0) is 20.1. The molecule has 1 saturated heterocycles. The maximum absolute atomic E-state index is 13.2. The number of amides is 1. The van der Waals surface area contributed by atoms with Gasteiger partial charge in [0.15, 0.2) is 11.5 Å². The van der Waals surface area contributed by atoms with E-state index in [2.05, 4.69) is 25.9 Å². The molecule has 1 aliphatic carbocycles. The average Bonchev–Trinajstić information content (AvgIpc) is 3.22. The highest BCUT2D eigenvalue weighted by atomic mass is 16.5. The van der Waals surface area contributed by atoms with Crippen LogP contribution in [0.15, 0.2) is 28.8 Å². The summed E-state index contributed by atoms with van der Waals surface area (Å²) >= 11 is 0. The van der Waals surface area contributed by atoms with E-state index >= 15 is 0 Å². The maximum atomic E-state index is 13.2. The van der Waals surface area contributed by atoms with E-state index in [4.69, 9.17) is 14.0 Å². The highest BCUT2D eigenvalue weighted by Gasteiger charge is 2.51. The molecule has 1 aromatic heterocycles. The van der Waals surface area contributed by atoms with E-state index in [-0.39, 0.29) is 22.8 Å². The Labute approximate surface area is 165 Å². The van der Waals surface area contributed by atoms with Crippen LogP contribution in [0.25, 0.3) is 11.3 Å².